The van der Waals surface area contributed by atoms with Crippen LogP contribution >= 0.6 is 23.4 Å². The van der Waals surface area contributed by atoms with Gasteiger partial charge in [0.2, 0.25) is 5.16 Å². The van der Waals surface area contributed by atoms with Gasteiger partial charge in [-0.05, 0) is 48.2 Å². The molecule has 0 aliphatic carbocycles. The Labute approximate surface area is 166 Å². The van der Waals surface area contributed by atoms with Crippen molar-refractivity contribution < 1.29 is 19.9 Å². The number of aromatic amines is 1. The van der Waals surface area contributed by atoms with Gasteiger partial charge in [0.15, 0.2) is 5.82 Å². The van der Waals surface area contributed by atoms with E-state index >= 15 is 0 Å². The molecule has 3 aromatic rings. The van der Waals surface area contributed by atoms with Crippen molar-refractivity contribution in [2.45, 2.75) is 5.16 Å². The number of phenolic OH excluding ortho intramolecular Hbond substituents is 1. The van der Waals surface area contributed by atoms with Crippen LogP contribution in [0.5, 0.6) is 5.75 Å². The molecule has 0 atom stereocenters. The third-order valence-electron chi connectivity index (χ3n) is 3.50. The molecule has 0 radical (unpaired) electrons. The van der Waals surface area contributed by atoms with Gasteiger partial charge < -0.3 is 10.2 Å². The summed E-state index contributed by atoms with van der Waals surface area (Å²) in [5, 5.41) is 37.5. The first-order chi connectivity index (χ1) is 13.3. The molecule has 0 unspecified atom stereocenters. The summed E-state index contributed by atoms with van der Waals surface area (Å²) in [4.78, 5) is 25.8. The van der Waals surface area contributed by atoms with Crippen LogP contribution in [-0.2, 0) is 4.79 Å². The van der Waals surface area contributed by atoms with E-state index in [1.54, 1.807) is 24.3 Å². The van der Waals surface area contributed by atoms with Crippen molar-refractivity contribution in [1.29, 1.82) is 0 Å². The number of rotatable bonds is 6. The number of nitrogens with zero attached hydrogens (tertiary/aromatic N) is 3. The Balaban J connectivity index is 1.89. The second kappa shape index (κ2) is 8.11. The summed E-state index contributed by atoms with van der Waals surface area (Å²) in [5.41, 5.74) is 0.426. The number of H-pyrrole nitrogens is 1. The zero-order valence-electron chi connectivity index (χ0n) is 13.9. The molecule has 11 heteroatoms. The SMILES string of the molecule is O=C(O)/C(=C/c1cc([N+](=O)[O-])ccc1O)Sc1n[nH]c(-c2ccc(Cl)cc2)n1. The number of aliphatic carboxylic acids is 1. The topological polar surface area (TPSA) is 142 Å². The number of phenols is 1. The highest BCUT2D eigenvalue weighted by molar-refractivity contribution is 8.04. The average molecular weight is 419 g/mol. The molecule has 0 fully saturated rings. The van der Waals surface area contributed by atoms with Crippen LogP contribution in [0.25, 0.3) is 17.5 Å². The van der Waals surface area contributed by atoms with Crippen LogP contribution in [0.4, 0.5) is 5.69 Å². The molecule has 0 aliphatic heterocycles. The van der Waals surface area contributed by atoms with E-state index < -0.39 is 10.9 Å². The Morgan fingerprint density at radius 2 is 1.96 bits per heavy atom. The molecule has 9 nitrogen and oxygen atoms in total. The lowest BCUT2D eigenvalue weighted by molar-refractivity contribution is -0.384. The molecule has 0 saturated heterocycles. The van der Waals surface area contributed by atoms with E-state index in [1.165, 1.54) is 0 Å². The number of hydrogen-bond acceptors (Lipinski definition) is 7. The molecule has 142 valence electrons. The van der Waals surface area contributed by atoms with Crippen molar-refractivity contribution in [2.24, 2.45) is 0 Å². The molecule has 0 amide bonds. The Hall–Kier alpha value is -3.37. The van der Waals surface area contributed by atoms with Gasteiger partial charge in [-0.3, -0.25) is 15.2 Å². The molecular weight excluding hydrogens is 408 g/mol. The summed E-state index contributed by atoms with van der Waals surface area (Å²) in [5.74, 6) is -1.17. The summed E-state index contributed by atoms with van der Waals surface area (Å²) in [6.45, 7) is 0. The molecular formula is C17H11ClN4O5S. The van der Waals surface area contributed by atoms with Crippen molar-refractivity contribution in [3.05, 3.63) is 68.1 Å². The van der Waals surface area contributed by atoms with Crippen LogP contribution in [0.3, 0.4) is 0 Å². The fraction of sp³-hybridized carbons (Fsp3) is 0. The number of carbonyl (C=O) groups is 1. The predicted molar refractivity (Wildman–Crippen MR) is 103 cm³/mol. The first-order valence-electron chi connectivity index (χ1n) is 7.62. The summed E-state index contributed by atoms with van der Waals surface area (Å²) in [7, 11) is 0. The van der Waals surface area contributed by atoms with Crippen molar-refractivity contribution in [3.8, 4) is 17.1 Å². The average Bonchev–Trinajstić information content (AvgIpc) is 3.11. The molecule has 1 aromatic heterocycles. The zero-order chi connectivity index (χ0) is 20.3. The zero-order valence-corrected chi connectivity index (χ0v) is 15.4. The van der Waals surface area contributed by atoms with Gasteiger partial charge in [0.1, 0.15) is 10.7 Å². The number of aromatic nitrogens is 3. The number of aromatic hydroxyl groups is 1. The number of hydrogen-bond donors (Lipinski definition) is 3. The number of nitro groups is 1. The highest BCUT2D eigenvalue weighted by Gasteiger charge is 2.17. The molecule has 1 heterocycles. The molecule has 0 aliphatic rings. The van der Waals surface area contributed by atoms with E-state index in [0.717, 1.165) is 36.0 Å². The number of thioether (sulfide) groups is 1. The Morgan fingerprint density at radius 1 is 1.25 bits per heavy atom. The van der Waals surface area contributed by atoms with Crippen LogP contribution in [0.15, 0.2) is 52.5 Å². The normalized spacial score (nSPS) is 11.4. The van der Waals surface area contributed by atoms with E-state index in [1.807, 2.05) is 0 Å². The van der Waals surface area contributed by atoms with Crippen molar-refractivity contribution in [1.82, 2.24) is 15.2 Å². The molecule has 0 saturated carbocycles. The minimum Gasteiger partial charge on any atom is -0.507 e. The molecule has 0 bridgehead atoms. The Bertz CT molecular complexity index is 1080. The summed E-state index contributed by atoms with van der Waals surface area (Å²) in [6.07, 6.45) is 1.12. The van der Waals surface area contributed by atoms with Crippen LogP contribution in [0.1, 0.15) is 5.56 Å². The first-order valence-corrected chi connectivity index (χ1v) is 8.81. The standard InChI is InChI=1S/C17H11ClN4O5S/c18-11-3-1-9(2-4-11)15-19-17(21-20-15)28-14(16(24)25)8-10-7-12(22(26)27)5-6-13(10)23/h1-8,23H,(H,24,25)(H,19,20,21)/b14-8-. The monoisotopic (exact) mass is 418 g/mol. The van der Waals surface area contributed by atoms with Crippen LogP contribution in [0, 0.1) is 10.1 Å². The minimum absolute atomic E-state index is 0.00689. The summed E-state index contributed by atoms with van der Waals surface area (Å²) < 4.78 is 0. The number of benzene rings is 2. The maximum atomic E-state index is 11.6. The van der Waals surface area contributed by atoms with Gasteiger partial charge in [-0.15, -0.1) is 5.10 Å². The van der Waals surface area contributed by atoms with Gasteiger partial charge in [-0.25, -0.2) is 9.78 Å². The first kappa shape index (κ1) is 19.4. The summed E-state index contributed by atoms with van der Waals surface area (Å²) >= 11 is 6.58. The number of carboxylic acid groups (broad SMARTS) is 1. The van der Waals surface area contributed by atoms with Gasteiger partial charge >= 0.3 is 5.97 Å². The molecule has 2 aromatic carbocycles. The maximum Gasteiger partial charge on any atom is 0.342 e. The van der Waals surface area contributed by atoms with Crippen LogP contribution < -0.4 is 0 Å². The van der Waals surface area contributed by atoms with E-state index in [9.17, 15) is 25.1 Å². The highest BCUT2D eigenvalue weighted by atomic mass is 35.5. The fourth-order valence-electron chi connectivity index (χ4n) is 2.17. The van der Waals surface area contributed by atoms with E-state index in [-0.39, 0.29) is 27.1 Å². The van der Waals surface area contributed by atoms with Gasteiger partial charge in [0.05, 0.1) is 4.92 Å². The third-order valence-corrected chi connectivity index (χ3v) is 4.63. The van der Waals surface area contributed by atoms with Crippen molar-refractivity contribution in [3.63, 3.8) is 0 Å². The van der Waals surface area contributed by atoms with Gasteiger partial charge in [-0.1, -0.05) is 11.6 Å². The lowest BCUT2D eigenvalue weighted by Crippen LogP contribution is -1.97. The maximum absolute atomic E-state index is 11.6. The third kappa shape index (κ3) is 4.48. The van der Waals surface area contributed by atoms with Crippen molar-refractivity contribution in [2.75, 3.05) is 0 Å². The van der Waals surface area contributed by atoms with Gasteiger partial charge in [0.25, 0.3) is 5.69 Å². The highest BCUT2D eigenvalue weighted by Crippen LogP contribution is 2.31. The summed E-state index contributed by atoms with van der Waals surface area (Å²) in [6, 6.07) is 10.1. The number of halogens is 1. The Kier molecular flexibility index (Phi) is 5.62. The number of nitrogens with one attached hydrogen (secondary N) is 1. The second-order valence-electron chi connectivity index (χ2n) is 5.39. The van der Waals surface area contributed by atoms with Gasteiger partial charge in [0, 0.05) is 28.3 Å². The molecule has 28 heavy (non-hydrogen) atoms. The Morgan fingerprint density at radius 3 is 2.61 bits per heavy atom. The molecule has 3 rings (SSSR count). The van der Waals surface area contributed by atoms with Crippen LogP contribution in [0.2, 0.25) is 5.02 Å². The van der Waals surface area contributed by atoms with Crippen LogP contribution in [-0.4, -0.2) is 36.3 Å². The number of non-ortho nitro benzene ring substituents is 1. The fourth-order valence-corrected chi connectivity index (χ4v) is 3.00. The number of nitro benzene ring substituents is 1. The predicted octanol–water partition coefficient (Wildman–Crippen LogP) is 3.96. The van der Waals surface area contributed by atoms with E-state index in [4.69, 9.17) is 11.6 Å². The van der Waals surface area contributed by atoms with E-state index in [0.29, 0.717) is 16.4 Å². The second-order valence-corrected chi connectivity index (χ2v) is 6.84. The molecule has 3 N–H and O–H groups in total. The minimum atomic E-state index is -1.30. The smallest absolute Gasteiger partial charge is 0.342 e. The largest absolute Gasteiger partial charge is 0.507 e. The van der Waals surface area contributed by atoms with E-state index in [2.05, 4.69) is 15.2 Å². The lowest BCUT2D eigenvalue weighted by atomic mass is 10.1. The molecule has 0 spiro atoms. The quantitative estimate of drug-likeness (QED) is 0.236. The van der Waals surface area contributed by atoms with Gasteiger partial charge in [-0.2, -0.15) is 0 Å². The van der Waals surface area contributed by atoms with Crippen molar-refractivity contribution >= 4 is 41.1 Å². The number of carboxylic acids is 1. The lowest BCUT2D eigenvalue weighted by Gasteiger charge is -2.02.